The van der Waals surface area contributed by atoms with Crippen molar-refractivity contribution in [2.24, 2.45) is 0 Å². The van der Waals surface area contributed by atoms with Gasteiger partial charge in [-0.05, 0) is 18.1 Å². The maximum atomic E-state index is 11.1. The number of hydrogen-bond donors (Lipinski definition) is 0. The van der Waals surface area contributed by atoms with E-state index < -0.39 is 16.3 Å². The molecule has 0 fully saturated rings. The van der Waals surface area contributed by atoms with Crippen molar-refractivity contribution < 1.29 is 28.5 Å². The molecular formula is C20H17ClO4. The molecule has 0 heterocycles. The molecular weight excluding hydrogens is 340 g/mol. The van der Waals surface area contributed by atoms with Crippen molar-refractivity contribution in [3.8, 4) is 11.1 Å². The highest BCUT2D eigenvalue weighted by Crippen LogP contribution is 2.30. The van der Waals surface area contributed by atoms with Gasteiger partial charge in [0.2, 0.25) is 0 Å². The third kappa shape index (κ3) is 4.66. The first-order chi connectivity index (χ1) is 11.9. The van der Waals surface area contributed by atoms with Crippen LogP contribution in [-0.2, 0) is 4.29 Å². The lowest BCUT2D eigenvalue weighted by Gasteiger charge is -2.19. The largest absolute Gasteiger partial charge is 0.263 e. The van der Waals surface area contributed by atoms with Crippen LogP contribution in [0.4, 0.5) is 0 Å². The van der Waals surface area contributed by atoms with Crippen LogP contribution in [0.25, 0.3) is 11.1 Å². The van der Waals surface area contributed by atoms with Crippen molar-refractivity contribution in [1.82, 2.24) is 0 Å². The summed E-state index contributed by atoms with van der Waals surface area (Å²) in [4.78, 5) is 0. The van der Waals surface area contributed by atoms with Gasteiger partial charge in [-0.25, -0.2) is 0 Å². The van der Waals surface area contributed by atoms with E-state index in [9.17, 15) is 14.0 Å². The number of benzene rings is 3. The quantitative estimate of drug-likeness (QED) is 0.696. The Kier molecular flexibility index (Phi) is 5.18. The van der Waals surface area contributed by atoms with Crippen LogP contribution in [0.3, 0.4) is 0 Å². The van der Waals surface area contributed by atoms with Gasteiger partial charge in [0.25, 0.3) is 6.10 Å². The average molecular weight is 357 g/mol. The second kappa shape index (κ2) is 7.35. The third-order valence-corrected chi connectivity index (χ3v) is 4.30. The van der Waals surface area contributed by atoms with Crippen LogP contribution < -0.4 is 14.0 Å². The van der Waals surface area contributed by atoms with E-state index in [2.05, 4.69) is 0 Å². The highest BCUT2D eigenvalue weighted by atomic mass is 35.7. The predicted octanol–water partition coefficient (Wildman–Crippen LogP) is 1.67. The van der Waals surface area contributed by atoms with Crippen molar-refractivity contribution in [2.45, 2.75) is 13.0 Å². The van der Waals surface area contributed by atoms with Gasteiger partial charge in [-0.3, -0.25) is 0 Å². The van der Waals surface area contributed by atoms with Gasteiger partial charge in [-0.15, -0.1) is 0 Å². The summed E-state index contributed by atoms with van der Waals surface area (Å²) < 4.78 is 38.1. The van der Waals surface area contributed by atoms with E-state index in [0.717, 1.165) is 11.1 Å². The molecule has 0 aliphatic heterocycles. The summed E-state index contributed by atoms with van der Waals surface area (Å²) in [6.07, 6.45) is -0.975. The number of hydrogen-bond acceptors (Lipinski definition) is 4. The van der Waals surface area contributed by atoms with Gasteiger partial charge in [0.05, 0.1) is 14.5 Å². The summed E-state index contributed by atoms with van der Waals surface area (Å²) >= 11 is 0. The van der Waals surface area contributed by atoms with E-state index in [1.807, 2.05) is 49.4 Å². The molecule has 1 atom stereocenters. The lowest BCUT2D eigenvalue weighted by molar-refractivity contribution is -1.92. The van der Waals surface area contributed by atoms with Gasteiger partial charge in [0.15, 0.2) is 0 Å². The van der Waals surface area contributed by atoms with Gasteiger partial charge < -0.3 is 0 Å². The first kappa shape index (κ1) is 17.6. The molecule has 3 rings (SSSR count). The van der Waals surface area contributed by atoms with Crippen LogP contribution in [-0.4, -0.2) is 0 Å². The summed E-state index contributed by atoms with van der Waals surface area (Å²) in [6, 6.07) is 24.2. The Morgan fingerprint density at radius 2 is 1.16 bits per heavy atom. The fourth-order valence-electron chi connectivity index (χ4n) is 2.63. The Bertz CT molecular complexity index is 809. The molecule has 3 aromatic carbocycles. The molecule has 0 radical (unpaired) electrons. The van der Waals surface area contributed by atoms with Crippen LogP contribution in [0.2, 0.25) is 0 Å². The van der Waals surface area contributed by atoms with Gasteiger partial charge in [-0.2, -0.15) is 14.0 Å². The summed E-state index contributed by atoms with van der Waals surface area (Å²) in [7, 11) is -4.55. The highest BCUT2D eigenvalue weighted by Gasteiger charge is 2.31. The first-order valence-corrected chi connectivity index (χ1v) is 8.97. The smallest absolute Gasteiger partial charge is 0.183 e. The van der Waals surface area contributed by atoms with E-state index in [0.29, 0.717) is 11.1 Å². The van der Waals surface area contributed by atoms with E-state index in [-0.39, 0.29) is 0 Å². The minimum atomic E-state index is -4.55. The van der Waals surface area contributed by atoms with Crippen LogP contribution in [0.15, 0.2) is 78.9 Å². The van der Waals surface area contributed by atoms with Crippen molar-refractivity contribution in [2.75, 3.05) is 0 Å². The molecule has 0 spiro atoms. The molecule has 4 nitrogen and oxygen atoms in total. The van der Waals surface area contributed by atoms with Crippen LogP contribution >= 0.6 is 0 Å². The normalized spacial score (nSPS) is 12.8. The highest BCUT2D eigenvalue weighted by molar-refractivity contribution is 5.64. The van der Waals surface area contributed by atoms with Gasteiger partial charge >= 0.3 is 0 Å². The molecule has 0 aliphatic rings. The monoisotopic (exact) mass is 356 g/mol. The van der Waals surface area contributed by atoms with Crippen LogP contribution in [0, 0.1) is 17.2 Å². The van der Waals surface area contributed by atoms with E-state index in [1.54, 1.807) is 36.4 Å². The van der Waals surface area contributed by atoms with Gasteiger partial charge in [0, 0.05) is 11.1 Å². The SMILES string of the molecule is Cc1ccc(-c2ccc(C(O[Cl+3]([O-])([O-])[O-])c3ccccc3)cc2)cc1. The topological polar surface area (TPSA) is 78.4 Å². The van der Waals surface area contributed by atoms with Gasteiger partial charge in [-0.1, -0.05) is 84.4 Å². The fourth-order valence-corrected chi connectivity index (χ4v) is 3.05. The minimum absolute atomic E-state index is 0.592. The van der Waals surface area contributed by atoms with Crippen LogP contribution in [0.1, 0.15) is 22.8 Å². The third-order valence-electron chi connectivity index (χ3n) is 3.90. The van der Waals surface area contributed by atoms with Crippen molar-refractivity contribution >= 4 is 0 Å². The Labute approximate surface area is 148 Å². The standard InChI is InChI=1S/C20H17ClO4/c1-15-7-9-16(10-8-15)17-11-13-19(14-12-17)20(25-21(22,23)24)18-5-3-2-4-6-18/h2-14,20H,1H3. The zero-order valence-corrected chi connectivity index (χ0v) is 14.3. The van der Waals surface area contributed by atoms with Gasteiger partial charge in [0.1, 0.15) is 0 Å². The summed E-state index contributed by atoms with van der Waals surface area (Å²) in [5, 5.41) is 0. The number of halogens is 1. The fraction of sp³-hybridized carbons (Fsp3) is 0.100. The minimum Gasteiger partial charge on any atom is -0.183 e. The molecule has 25 heavy (non-hydrogen) atoms. The maximum absolute atomic E-state index is 11.1. The van der Waals surface area contributed by atoms with Crippen molar-refractivity contribution in [1.29, 1.82) is 0 Å². The molecule has 0 amide bonds. The molecule has 5 heteroatoms. The van der Waals surface area contributed by atoms with Crippen molar-refractivity contribution in [3.63, 3.8) is 0 Å². The molecule has 0 saturated heterocycles. The number of rotatable bonds is 5. The Hall–Kier alpha value is -2.21. The Balaban J connectivity index is 1.92. The molecule has 128 valence electrons. The average Bonchev–Trinajstić information content (AvgIpc) is 2.61. The van der Waals surface area contributed by atoms with E-state index >= 15 is 0 Å². The summed E-state index contributed by atoms with van der Waals surface area (Å²) in [5.74, 6) is 0. The second-order valence-corrected chi connectivity index (χ2v) is 6.68. The molecule has 0 aromatic heterocycles. The molecule has 3 aromatic rings. The first-order valence-electron chi connectivity index (χ1n) is 7.73. The lowest BCUT2D eigenvalue weighted by Crippen LogP contribution is -2.61. The molecule has 1 unspecified atom stereocenters. The molecule has 0 aliphatic carbocycles. The summed E-state index contributed by atoms with van der Waals surface area (Å²) in [6.45, 7) is 2.03. The molecule has 0 N–H and O–H groups in total. The Morgan fingerprint density at radius 3 is 1.68 bits per heavy atom. The summed E-state index contributed by atoms with van der Waals surface area (Å²) in [5.41, 5.74) is 4.42. The van der Waals surface area contributed by atoms with E-state index in [4.69, 9.17) is 4.29 Å². The lowest BCUT2D eigenvalue weighted by atomic mass is 9.98. The zero-order chi connectivity index (χ0) is 17.9. The van der Waals surface area contributed by atoms with Crippen molar-refractivity contribution in [3.05, 3.63) is 95.6 Å². The maximum Gasteiger partial charge on any atom is 0.263 e. The molecule has 0 bridgehead atoms. The van der Waals surface area contributed by atoms with E-state index in [1.165, 1.54) is 5.56 Å². The Morgan fingerprint density at radius 1 is 0.680 bits per heavy atom. The number of aryl methyl sites for hydroxylation is 1. The zero-order valence-electron chi connectivity index (χ0n) is 13.6. The molecule has 0 saturated carbocycles. The predicted molar refractivity (Wildman–Crippen MR) is 86.0 cm³/mol. The van der Waals surface area contributed by atoms with Crippen LogP contribution in [0.5, 0.6) is 0 Å². The second-order valence-electron chi connectivity index (χ2n) is 5.75.